The lowest BCUT2D eigenvalue weighted by molar-refractivity contribution is 0.153. The summed E-state index contributed by atoms with van der Waals surface area (Å²) in [5, 5.41) is 11.2. The molecule has 1 saturated carbocycles. The van der Waals surface area contributed by atoms with Crippen molar-refractivity contribution >= 4 is 47.1 Å². The predicted molar refractivity (Wildman–Crippen MR) is 154 cm³/mol. The van der Waals surface area contributed by atoms with Crippen LogP contribution in [0.15, 0.2) is 24.4 Å². The minimum atomic E-state index is -1.18. The second kappa shape index (κ2) is 11.7. The molecular formula is C27H40N6O2SSi. The molecule has 1 aliphatic heterocycles. The van der Waals surface area contributed by atoms with Gasteiger partial charge in [-0.15, -0.1) is 10.2 Å². The molecule has 3 aromatic heterocycles. The lowest BCUT2D eigenvalue weighted by Gasteiger charge is -2.26. The summed E-state index contributed by atoms with van der Waals surface area (Å²) in [7, 11) is 0.597. The molecular weight excluding hydrogens is 500 g/mol. The standard InChI is InChI=1S/C27H40N6O2SSi/c1-34-18-21-10-7-13-32(21)22-16-24-23(28-17-22)11-12-25(29-24)33(19-35-14-15-37(2,3)4)27-31-30-26(36-27)20-8-5-6-9-20/h11-12,16-17,20-21H,5-10,13-15,18-19H2,1-4H3/t21-/m1/s1. The molecule has 37 heavy (non-hydrogen) atoms. The maximum absolute atomic E-state index is 6.20. The monoisotopic (exact) mass is 540 g/mol. The second-order valence-corrected chi connectivity index (χ2v) is 18.1. The molecule has 5 rings (SSSR count). The van der Waals surface area contributed by atoms with Crippen LogP contribution in [-0.2, 0) is 9.47 Å². The van der Waals surface area contributed by atoms with Crippen LogP contribution >= 0.6 is 11.3 Å². The van der Waals surface area contributed by atoms with Gasteiger partial charge in [-0.3, -0.25) is 9.88 Å². The van der Waals surface area contributed by atoms with Gasteiger partial charge in [0.2, 0.25) is 5.13 Å². The molecule has 2 fully saturated rings. The normalized spacial score (nSPS) is 18.8. The van der Waals surface area contributed by atoms with Crippen molar-refractivity contribution < 1.29 is 9.47 Å². The van der Waals surface area contributed by atoms with E-state index >= 15 is 0 Å². The zero-order chi connectivity index (χ0) is 25.8. The van der Waals surface area contributed by atoms with Crippen molar-refractivity contribution in [2.24, 2.45) is 0 Å². The summed E-state index contributed by atoms with van der Waals surface area (Å²) in [6.07, 6.45) is 9.27. The number of rotatable bonds is 11. The van der Waals surface area contributed by atoms with E-state index in [-0.39, 0.29) is 0 Å². The van der Waals surface area contributed by atoms with Crippen LogP contribution in [-0.4, -0.2) is 67.9 Å². The Balaban J connectivity index is 1.42. The smallest absolute Gasteiger partial charge is 0.215 e. The maximum atomic E-state index is 6.20. The van der Waals surface area contributed by atoms with Crippen molar-refractivity contribution in [2.75, 3.05) is 43.4 Å². The first-order valence-electron chi connectivity index (χ1n) is 13.6. The highest BCUT2D eigenvalue weighted by molar-refractivity contribution is 7.15. The van der Waals surface area contributed by atoms with Crippen molar-refractivity contribution in [3.8, 4) is 0 Å². The van der Waals surface area contributed by atoms with E-state index < -0.39 is 8.07 Å². The first kappa shape index (κ1) is 26.5. The summed E-state index contributed by atoms with van der Waals surface area (Å²) < 4.78 is 11.7. The van der Waals surface area contributed by atoms with Gasteiger partial charge in [0, 0.05) is 34.3 Å². The summed E-state index contributed by atoms with van der Waals surface area (Å²) in [5.41, 5.74) is 2.87. The first-order valence-corrected chi connectivity index (χ1v) is 18.1. The molecule has 0 spiro atoms. The van der Waals surface area contributed by atoms with Gasteiger partial charge in [-0.25, -0.2) is 4.98 Å². The number of fused-ring (bicyclic) bond motifs is 1. The Morgan fingerprint density at radius 1 is 1.08 bits per heavy atom. The van der Waals surface area contributed by atoms with Gasteiger partial charge in [-0.1, -0.05) is 43.8 Å². The van der Waals surface area contributed by atoms with Crippen molar-refractivity contribution in [1.82, 2.24) is 20.2 Å². The van der Waals surface area contributed by atoms with Crippen molar-refractivity contribution in [3.05, 3.63) is 29.4 Å². The van der Waals surface area contributed by atoms with E-state index in [1.165, 1.54) is 32.1 Å². The summed E-state index contributed by atoms with van der Waals surface area (Å²) in [4.78, 5) is 14.3. The van der Waals surface area contributed by atoms with Crippen molar-refractivity contribution in [2.45, 2.75) is 76.2 Å². The number of anilines is 3. The molecule has 3 aromatic rings. The van der Waals surface area contributed by atoms with E-state index in [0.29, 0.717) is 18.7 Å². The molecule has 0 N–H and O–H groups in total. The largest absolute Gasteiger partial charge is 0.383 e. The quantitative estimate of drug-likeness (QED) is 0.162. The second-order valence-electron chi connectivity index (χ2n) is 11.5. The molecule has 10 heteroatoms. The molecule has 0 unspecified atom stereocenters. The zero-order valence-electron chi connectivity index (χ0n) is 22.7. The van der Waals surface area contributed by atoms with E-state index in [1.807, 2.05) is 18.3 Å². The van der Waals surface area contributed by atoms with Crippen LogP contribution in [0.1, 0.15) is 49.5 Å². The SMILES string of the molecule is COC[C@H]1CCCN1c1cnc2ccc(N(COCC[Si](C)(C)C)c3nnc(C4CCCC4)s3)nc2c1. The number of methoxy groups -OCH3 is 1. The number of nitrogens with zero attached hydrogens (tertiary/aromatic N) is 6. The van der Waals surface area contributed by atoms with Crippen LogP contribution in [0.25, 0.3) is 11.0 Å². The van der Waals surface area contributed by atoms with Crippen molar-refractivity contribution in [3.63, 3.8) is 0 Å². The first-order chi connectivity index (χ1) is 17.9. The molecule has 1 aliphatic carbocycles. The van der Waals surface area contributed by atoms with Crippen LogP contribution < -0.4 is 9.80 Å². The third kappa shape index (κ3) is 6.47. The summed E-state index contributed by atoms with van der Waals surface area (Å²) >= 11 is 1.69. The predicted octanol–water partition coefficient (Wildman–Crippen LogP) is 6.20. The van der Waals surface area contributed by atoms with E-state index in [4.69, 9.17) is 19.4 Å². The van der Waals surface area contributed by atoms with Crippen LogP contribution in [0.4, 0.5) is 16.6 Å². The van der Waals surface area contributed by atoms with Gasteiger partial charge in [0.15, 0.2) is 0 Å². The highest BCUT2D eigenvalue weighted by atomic mass is 32.1. The molecule has 1 saturated heterocycles. The van der Waals surface area contributed by atoms with E-state index in [2.05, 4.69) is 45.7 Å². The van der Waals surface area contributed by atoms with Crippen LogP contribution in [0.3, 0.4) is 0 Å². The topological polar surface area (TPSA) is 76.5 Å². The van der Waals surface area contributed by atoms with Gasteiger partial charge < -0.3 is 14.4 Å². The molecule has 0 aromatic carbocycles. The Bertz CT molecular complexity index is 1180. The molecule has 8 nitrogen and oxygen atoms in total. The highest BCUT2D eigenvalue weighted by Crippen LogP contribution is 2.38. The van der Waals surface area contributed by atoms with Crippen LogP contribution in [0.5, 0.6) is 0 Å². The van der Waals surface area contributed by atoms with E-state index in [9.17, 15) is 0 Å². The lowest BCUT2D eigenvalue weighted by Crippen LogP contribution is -2.32. The fraction of sp³-hybridized carbons (Fsp3) is 0.630. The minimum absolute atomic E-state index is 0.388. The van der Waals surface area contributed by atoms with Gasteiger partial charge >= 0.3 is 0 Å². The molecule has 0 bridgehead atoms. The summed E-state index contributed by atoms with van der Waals surface area (Å²) in [6.45, 7) is 10.0. The molecule has 4 heterocycles. The molecule has 1 atom stereocenters. The Morgan fingerprint density at radius 3 is 2.70 bits per heavy atom. The fourth-order valence-corrected chi connectivity index (χ4v) is 7.03. The Morgan fingerprint density at radius 2 is 1.92 bits per heavy atom. The zero-order valence-corrected chi connectivity index (χ0v) is 24.5. The third-order valence-corrected chi connectivity index (χ3v) is 10.2. The molecule has 2 aliphatic rings. The van der Waals surface area contributed by atoms with Gasteiger partial charge in [-0.2, -0.15) is 0 Å². The van der Waals surface area contributed by atoms with E-state index in [1.54, 1.807) is 18.4 Å². The van der Waals surface area contributed by atoms with Gasteiger partial charge in [-0.05, 0) is 49.9 Å². The number of hydrogen-bond acceptors (Lipinski definition) is 9. The average Bonchev–Trinajstić information content (AvgIpc) is 3.65. The number of ether oxygens (including phenoxy) is 2. The molecule has 0 amide bonds. The van der Waals surface area contributed by atoms with Gasteiger partial charge in [0.05, 0.1) is 35.6 Å². The molecule has 200 valence electrons. The summed E-state index contributed by atoms with van der Waals surface area (Å²) in [6, 6.07) is 7.75. The van der Waals surface area contributed by atoms with Crippen LogP contribution in [0, 0.1) is 0 Å². The number of aromatic nitrogens is 4. The van der Waals surface area contributed by atoms with Gasteiger partial charge in [0.25, 0.3) is 0 Å². The number of hydrogen-bond donors (Lipinski definition) is 0. The molecule has 0 radical (unpaired) electrons. The average molecular weight is 541 g/mol. The number of pyridine rings is 2. The van der Waals surface area contributed by atoms with Gasteiger partial charge in [0.1, 0.15) is 17.6 Å². The Hall–Kier alpha value is -2.14. The maximum Gasteiger partial charge on any atom is 0.215 e. The van der Waals surface area contributed by atoms with Crippen molar-refractivity contribution in [1.29, 1.82) is 0 Å². The summed E-state index contributed by atoms with van der Waals surface area (Å²) in [5.74, 6) is 1.36. The fourth-order valence-electron chi connectivity index (χ4n) is 5.26. The minimum Gasteiger partial charge on any atom is -0.383 e. The lowest BCUT2D eigenvalue weighted by atomic mass is 10.1. The Labute approximate surface area is 225 Å². The highest BCUT2D eigenvalue weighted by Gasteiger charge is 2.26. The van der Waals surface area contributed by atoms with Crippen LogP contribution in [0.2, 0.25) is 25.7 Å². The third-order valence-electron chi connectivity index (χ3n) is 7.43. The van der Waals surface area contributed by atoms with E-state index in [0.717, 1.165) is 64.9 Å². The Kier molecular flexibility index (Phi) is 8.38.